The van der Waals surface area contributed by atoms with Crippen LogP contribution in [0.5, 0.6) is 0 Å². The third-order valence-electron chi connectivity index (χ3n) is 4.54. The van der Waals surface area contributed by atoms with Gasteiger partial charge >= 0.3 is 0 Å². The van der Waals surface area contributed by atoms with E-state index in [1.165, 1.54) is 12.8 Å². The number of nitrogens with one attached hydrogen (secondary N) is 1. The molecular weight excluding hydrogens is 324 g/mol. The Morgan fingerprint density at radius 2 is 1.79 bits per heavy atom. The molecule has 7 heteroatoms. The zero-order chi connectivity index (χ0) is 16.6. The molecule has 2 aromatic rings. The van der Waals surface area contributed by atoms with Gasteiger partial charge in [-0.3, -0.25) is 0 Å². The largest absolute Gasteiger partial charge is 0.367 e. The Kier molecular flexibility index (Phi) is 3.97. The maximum Gasteiger partial charge on any atom is 0.243 e. The molecule has 1 fully saturated rings. The molecular formula is C17H20N4O2S. The van der Waals surface area contributed by atoms with Gasteiger partial charge in [-0.1, -0.05) is 18.2 Å². The Morgan fingerprint density at radius 1 is 1.04 bits per heavy atom. The van der Waals surface area contributed by atoms with Crippen molar-refractivity contribution in [1.29, 1.82) is 0 Å². The summed E-state index contributed by atoms with van der Waals surface area (Å²) in [7, 11) is -3.46. The first kappa shape index (κ1) is 15.5. The summed E-state index contributed by atoms with van der Waals surface area (Å²) >= 11 is 0. The molecule has 6 nitrogen and oxygen atoms in total. The van der Waals surface area contributed by atoms with Crippen molar-refractivity contribution >= 4 is 15.8 Å². The van der Waals surface area contributed by atoms with Gasteiger partial charge in [0.2, 0.25) is 10.0 Å². The van der Waals surface area contributed by atoms with E-state index in [4.69, 9.17) is 0 Å². The predicted octanol–water partition coefficient (Wildman–Crippen LogP) is 1.84. The normalized spacial score (nSPS) is 18.7. The van der Waals surface area contributed by atoms with Crippen LogP contribution in [0.15, 0.2) is 41.6 Å². The Balaban J connectivity index is 1.59. The molecule has 1 N–H and O–H groups in total. The monoisotopic (exact) mass is 344 g/mol. The molecule has 0 spiro atoms. The summed E-state index contributed by atoms with van der Waals surface area (Å²) < 4.78 is 27.2. The number of fused-ring (bicyclic) bond motifs is 1. The average molecular weight is 344 g/mol. The summed E-state index contributed by atoms with van der Waals surface area (Å²) in [6, 6.07) is 9.13. The van der Waals surface area contributed by atoms with E-state index >= 15 is 0 Å². The standard InChI is InChI=1S/C17H20N4O2S/c22-24(23,14-4-2-1-3-5-14)21-10-8-15-16(9-11-21)18-12-19-17(15)20-13-6-7-13/h1-5,12-13H,6-11H2,(H,18,19,20). The maximum atomic E-state index is 12.8. The molecule has 0 saturated heterocycles. The lowest BCUT2D eigenvalue weighted by atomic mass is 10.1. The average Bonchev–Trinajstić information content (AvgIpc) is 3.42. The van der Waals surface area contributed by atoms with Crippen LogP contribution in [0.1, 0.15) is 24.1 Å². The van der Waals surface area contributed by atoms with Gasteiger partial charge in [0, 0.05) is 31.1 Å². The molecule has 126 valence electrons. The lowest BCUT2D eigenvalue weighted by Gasteiger charge is -2.19. The smallest absolute Gasteiger partial charge is 0.243 e. The molecule has 1 saturated carbocycles. The number of hydrogen-bond donors (Lipinski definition) is 1. The minimum absolute atomic E-state index is 0.346. The maximum absolute atomic E-state index is 12.8. The van der Waals surface area contributed by atoms with E-state index in [1.54, 1.807) is 34.9 Å². The second-order valence-electron chi connectivity index (χ2n) is 6.28. The van der Waals surface area contributed by atoms with Crippen LogP contribution in [-0.2, 0) is 22.9 Å². The molecule has 0 radical (unpaired) electrons. The molecule has 4 rings (SSSR count). The SMILES string of the molecule is O=S(=O)(c1ccccc1)N1CCc2ncnc(NC3CC3)c2CC1. The summed E-state index contributed by atoms with van der Waals surface area (Å²) in [5.41, 5.74) is 2.02. The van der Waals surface area contributed by atoms with Crippen molar-refractivity contribution in [2.75, 3.05) is 18.4 Å². The highest BCUT2D eigenvalue weighted by Crippen LogP contribution is 2.28. The van der Waals surface area contributed by atoms with Gasteiger partial charge in [0.15, 0.2) is 0 Å². The first-order valence-corrected chi connectivity index (χ1v) is 9.73. The van der Waals surface area contributed by atoms with Crippen LogP contribution in [-0.4, -0.2) is 41.8 Å². The van der Waals surface area contributed by atoms with E-state index in [1.807, 2.05) is 6.07 Å². The first-order chi connectivity index (χ1) is 11.6. The second kappa shape index (κ2) is 6.14. The molecule has 24 heavy (non-hydrogen) atoms. The van der Waals surface area contributed by atoms with Gasteiger partial charge in [-0.2, -0.15) is 4.31 Å². The fourth-order valence-corrected chi connectivity index (χ4v) is 4.50. The number of hydrogen-bond acceptors (Lipinski definition) is 5. The lowest BCUT2D eigenvalue weighted by Crippen LogP contribution is -2.33. The molecule has 2 heterocycles. The van der Waals surface area contributed by atoms with Crippen LogP contribution in [0.2, 0.25) is 0 Å². The molecule has 1 aliphatic carbocycles. The molecule has 0 amide bonds. The zero-order valence-corrected chi connectivity index (χ0v) is 14.2. The van der Waals surface area contributed by atoms with Crippen LogP contribution < -0.4 is 5.32 Å². The van der Waals surface area contributed by atoms with E-state index in [-0.39, 0.29) is 0 Å². The third kappa shape index (κ3) is 3.01. The molecule has 0 atom stereocenters. The van der Waals surface area contributed by atoms with Crippen LogP contribution in [0, 0.1) is 0 Å². The Bertz CT molecular complexity index is 835. The van der Waals surface area contributed by atoms with Crippen molar-refractivity contribution in [1.82, 2.24) is 14.3 Å². The van der Waals surface area contributed by atoms with E-state index in [0.717, 1.165) is 17.1 Å². The highest BCUT2D eigenvalue weighted by Gasteiger charge is 2.29. The fourth-order valence-electron chi connectivity index (χ4n) is 3.03. The van der Waals surface area contributed by atoms with Gasteiger partial charge in [-0.25, -0.2) is 18.4 Å². The van der Waals surface area contributed by atoms with Gasteiger partial charge in [0.1, 0.15) is 12.1 Å². The molecule has 0 bridgehead atoms. The topological polar surface area (TPSA) is 75.2 Å². The van der Waals surface area contributed by atoms with Crippen molar-refractivity contribution in [2.45, 2.75) is 36.6 Å². The number of benzene rings is 1. The summed E-state index contributed by atoms with van der Waals surface area (Å²) in [5.74, 6) is 0.876. The third-order valence-corrected chi connectivity index (χ3v) is 6.46. The molecule has 1 aromatic carbocycles. The van der Waals surface area contributed by atoms with Crippen molar-refractivity contribution in [3.05, 3.63) is 47.9 Å². The van der Waals surface area contributed by atoms with Gasteiger partial charge < -0.3 is 5.32 Å². The van der Waals surface area contributed by atoms with Gasteiger partial charge in [0.25, 0.3) is 0 Å². The van der Waals surface area contributed by atoms with Crippen molar-refractivity contribution < 1.29 is 8.42 Å². The lowest BCUT2D eigenvalue weighted by molar-refractivity contribution is 0.426. The Labute approximate surface area is 142 Å². The van der Waals surface area contributed by atoms with Crippen LogP contribution >= 0.6 is 0 Å². The summed E-state index contributed by atoms with van der Waals surface area (Å²) in [4.78, 5) is 9.10. The molecule has 1 aromatic heterocycles. The fraction of sp³-hybridized carbons (Fsp3) is 0.412. The highest BCUT2D eigenvalue weighted by atomic mass is 32.2. The van der Waals surface area contributed by atoms with E-state index < -0.39 is 10.0 Å². The van der Waals surface area contributed by atoms with Gasteiger partial charge in [-0.15, -0.1) is 0 Å². The Morgan fingerprint density at radius 3 is 2.54 bits per heavy atom. The molecule has 2 aliphatic rings. The second-order valence-corrected chi connectivity index (χ2v) is 8.22. The summed E-state index contributed by atoms with van der Waals surface area (Å²) in [5, 5.41) is 3.44. The number of rotatable bonds is 4. The number of aromatic nitrogens is 2. The van der Waals surface area contributed by atoms with Crippen LogP contribution in [0.3, 0.4) is 0 Å². The number of sulfonamides is 1. The first-order valence-electron chi connectivity index (χ1n) is 8.29. The van der Waals surface area contributed by atoms with Gasteiger partial charge in [-0.05, 0) is 31.4 Å². The molecule has 0 unspecified atom stereocenters. The van der Waals surface area contributed by atoms with Crippen LogP contribution in [0.25, 0.3) is 0 Å². The summed E-state index contributed by atoms with van der Waals surface area (Å²) in [6.45, 7) is 0.904. The zero-order valence-electron chi connectivity index (χ0n) is 13.4. The van der Waals surface area contributed by atoms with E-state index in [2.05, 4.69) is 15.3 Å². The number of anilines is 1. The quantitative estimate of drug-likeness (QED) is 0.916. The minimum Gasteiger partial charge on any atom is -0.367 e. The minimum atomic E-state index is -3.46. The Hall–Kier alpha value is -1.99. The summed E-state index contributed by atoms with van der Waals surface area (Å²) in [6.07, 6.45) is 5.17. The van der Waals surface area contributed by atoms with Crippen molar-refractivity contribution in [2.24, 2.45) is 0 Å². The highest BCUT2D eigenvalue weighted by molar-refractivity contribution is 7.89. The molecule has 1 aliphatic heterocycles. The van der Waals surface area contributed by atoms with Crippen molar-refractivity contribution in [3.8, 4) is 0 Å². The van der Waals surface area contributed by atoms with Crippen molar-refractivity contribution in [3.63, 3.8) is 0 Å². The number of nitrogens with zero attached hydrogens (tertiary/aromatic N) is 3. The van der Waals surface area contributed by atoms with Gasteiger partial charge in [0.05, 0.1) is 10.6 Å². The predicted molar refractivity (Wildman–Crippen MR) is 91.3 cm³/mol. The van der Waals surface area contributed by atoms with E-state index in [0.29, 0.717) is 36.9 Å². The van der Waals surface area contributed by atoms with Crippen LogP contribution in [0.4, 0.5) is 5.82 Å². The van der Waals surface area contributed by atoms with E-state index in [9.17, 15) is 8.42 Å².